The largest absolute Gasteiger partial charge is 0.381 e. The first-order valence-electron chi connectivity index (χ1n) is 7.25. The van der Waals surface area contributed by atoms with Crippen LogP contribution in [0.25, 0.3) is 0 Å². The Balaban J connectivity index is 1.82. The number of nitrogens with zero attached hydrogens (tertiary/aromatic N) is 1. The second-order valence-corrected chi connectivity index (χ2v) is 6.14. The van der Waals surface area contributed by atoms with Crippen molar-refractivity contribution >= 4 is 0 Å². The molecular weight excluding hydrogens is 212 g/mol. The quantitative estimate of drug-likeness (QED) is 0.793. The van der Waals surface area contributed by atoms with Gasteiger partial charge in [0, 0.05) is 32.8 Å². The third-order valence-electron chi connectivity index (χ3n) is 3.98. The molecular formula is C14H28N2O. The molecule has 2 atom stereocenters. The molecule has 2 rings (SSSR count). The van der Waals surface area contributed by atoms with Gasteiger partial charge >= 0.3 is 0 Å². The van der Waals surface area contributed by atoms with Gasteiger partial charge in [0.15, 0.2) is 0 Å². The van der Waals surface area contributed by atoms with Crippen LogP contribution in [0.3, 0.4) is 0 Å². The Bertz CT molecular complexity index is 204. The molecule has 100 valence electrons. The van der Waals surface area contributed by atoms with Gasteiger partial charge in [-0.1, -0.05) is 13.8 Å². The van der Waals surface area contributed by atoms with Crippen LogP contribution in [-0.2, 0) is 4.74 Å². The topological polar surface area (TPSA) is 24.5 Å². The lowest BCUT2D eigenvalue weighted by Crippen LogP contribution is -2.44. The van der Waals surface area contributed by atoms with E-state index in [2.05, 4.69) is 24.1 Å². The smallest absolute Gasteiger partial charge is 0.0469 e. The standard InChI is InChI=1S/C14H28N2O/c1-12-7-15-8-13(2)10-16(9-12)11-14-3-5-17-6-4-14/h12-15H,3-11H2,1-2H3. The Morgan fingerprint density at radius 1 is 1.06 bits per heavy atom. The van der Waals surface area contributed by atoms with E-state index in [4.69, 9.17) is 4.74 Å². The van der Waals surface area contributed by atoms with Crippen molar-refractivity contribution in [2.24, 2.45) is 17.8 Å². The van der Waals surface area contributed by atoms with Crippen LogP contribution in [0.5, 0.6) is 0 Å². The molecule has 0 bridgehead atoms. The fraction of sp³-hybridized carbons (Fsp3) is 1.00. The molecule has 0 aliphatic carbocycles. The van der Waals surface area contributed by atoms with E-state index in [1.807, 2.05) is 0 Å². The van der Waals surface area contributed by atoms with Gasteiger partial charge in [-0.2, -0.15) is 0 Å². The fourth-order valence-electron chi connectivity index (χ4n) is 3.10. The second-order valence-electron chi connectivity index (χ2n) is 6.14. The monoisotopic (exact) mass is 240 g/mol. The van der Waals surface area contributed by atoms with E-state index in [9.17, 15) is 0 Å². The molecule has 0 amide bonds. The van der Waals surface area contributed by atoms with Crippen molar-refractivity contribution in [1.82, 2.24) is 10.2 Å². The summed E-state index contributed by atoms with van der Waals surface area (Å²) in [4.78, 5) is 2.70. The van der Waals surface area contributed by atoms with Crippen molar-refractivity contribution in [1.29, 1.82) is 0 Å². The molecule has 0 aromatic rings. The first-order chi connectivity index (χ1) is 8.24. The number of hydrogen-bond acceptors (Lipinski definition) is 3. The number of ether oxygens (including phenoxy) is 1. The third kappa shape index (κ3) is 4.57. The van der Waals surface area contributed by atoms with Gasteiger partial charge in [0.05, 0.1) is 0 Å². The Kier molecular flexibility index (Phi) is 5.26. The molecule has 2 aliphatic heterocycles. The highest BCUT2D eigenvalue weighted by Crippen LogP contribution is 2.18. The van der Waals surface area contributed by atoms with Gasteiger partial charge in [0.25, 0.3) is 0 Å². The van der Waals surface area contributed by atoms with Crippen molar-refractivity contribution in [2.45, 2.75) is 26.7 Å². The minimum atomic E-state index is 0.780. The van der Waals surface area contributed by atoms with Gasteiger partial charge in [-0.05, 0) is 43.7 Å². The number of nitrogens with one attached hydrogen (secondary N) is 1. The molecule has 2 saturated heterocycles. The van der Waals surface area contributed by atoms with E-state index < -0.39 is 0 Å². The maximum atomic E-state index is 5.45. The van der Waals surface area contributed by atoms with Crippen molar-refractivity contribution in [3.63, 3.8) is 0 Å². The highest BCUT2D eigenvalue weighted by molar-refractivity contribution is 4.76. The molecule has 0 spiro atoms. The zero-order chi connectivity index (χ0) is 12.1. The van der Waals surface area contributed by atoms with Gasteiger partial charge in [-0.3, -0.25) is 0 Å². The van der Waals surface area contributed by atoms with Gasteiger partial charge < -0.3 is 15.0 Å². The van der Waals surface area contributed by atoms with Gasteiger partial charge in [0.1, 0.15) is 0 Å². The van der Waals surface area contributed by atoms with E-state index in [1.165, 1.54) is 45.6 Å². The molecule has 0 saturated carbocycles. The SMILES string of the molecule is CC1CNCC(C)CN(CC2CCOCC2)C1. The predicted octanol–water partition coefficient (Wildman–Crippen LogP) is 1.59. The zero-order valence-electron chi connectivity index (χ0n) is 11.5. The van der Waals surface area contributed by atoms with Crippen LogP contribution in [0.4, 0.5) is 0 Å². The molecule has 0 radical (unpaired) electrons. The van der Waals surface area contributed by atoms with Gasteiger partial charge in [-0.25, -0.2) is 0 Å². The summed E-state index contributed by atoms with van der Waals surface area (Å²) in [6.45, 7) is 12.8. The zero-order valence-corrected chi connectivity index (χ0v) is 11.5. The molecule has 2 heterocycles. The summed E-state index contributed by atoms with van der Waals surface area (Å²) in [6, 6.07) is 0. The molecule has 0 aromatic carbocycles. The van der Waals surface area contributed by atoms with Crippen LogP contribution >= 0.6 is 0 Å². The first-order valence-corrected chi connectivity index (χ1v) is 7.25. The summed E-state index contributed by atoms with van der Waals surface area (Å²) in [5, 5.41) is 3.56. The lowest BCUT2D eigenvalue weighted by molar-refractivity contribution is 0.0469. The van der Waals surface area contributed by atoms with Crippen LogP contribution in [0, 0.1) is 17.8 Å². The summed E-state index contributed by atoms with van der Waals surface area (Å²) >= 11 is 0. The fourth-order valence-corrected chi connectivity index (χ4v) is 3.10. The number of rotatable bonds is 2. The Morgan fingerprint density at radius 3 is 2.24 bits per heavy atom. The van der Waals surface area contributed by atoms with Crippen molar-refractivity contribution in [3.05, 3.63) is 0 Å². The molecule has 2 aliphatic rings. The van der Waals surface area contributed by atoms with Crippen molar-refractivity contribution in [2.75, 3.05) is 45.9 Å². The molecule has 2 fully saturated rings. The highest BCUT2D eigenvalue weighted by Gasteiger charge is 2.21. The number of hydrogen-bond donors (Lipinski definition) is 1. The normalized spacial score (nSPS) is 34.2. The van der Waals surface area contributed by atoms with Gasteiger partial charge in [0.2, 0.25) is 0 Å². The van der Waals surface area contributed by atoms with E-state index >= 15 is 0 Å². The van der Waals surface area contributed by atoms with Crippen LogP contribution in [0.1, 0.15) is 26.7 Å². The van der Waals surface area contributed by atoms with Crippen molar-refractivity contribution < 1.29 is 4.74 Å². The van der Waals surface area contributed by atoms with E-state index in [1.54, 1.807) is 0 Å². The molecule has 3 nitrogen and oxygen atoms in total. The first kappa shape index (κ1) is 13.3. The summed E-state index contributed by atoms with van der Waals surface area (Å²) in [7, 11) is 0. The maximum Gasteiger partial charge on any atom is 0.0469 e. The molecule has 17 heavy (non-hydrogen) atoms. The average Bonchev–Trinajstić information content (AvgIpc) is 2.28. The maximum absolute atomic E-state index is 5.45. The van der Waals surface area contributed by atoms with E-state index in [0.717, 1.165) is 31.0 Å². The minimum Gasteiger partial charge on any atom is -0.381 e. The minimum absolute atomic E-state index is 0.780. The Hall–Kier alpha value is -0.120. The summed E-state index contributed by atoms with van der Waals surface area (Å²) < 4.78 is 5.45. The van der Waals surface area contributed by atoms with Crippen LogP contribution < -0.4 is 5.32 Å². The molecule has 2 unspecified atom stereocenters. The predicted molar refractivity (Wildman–Crippen MR) is 71.2 cm³/mol. The summed E-state index contributed by atoms with van der Waals surface area (Å²) in [5.41, 5.74) is 0. The third-order valence-corrected chi connectivity index (χ3v) is 3.98. The van der Waals surface area contributed by atoms with E-state index in [0.29, 0.717) is 0 Å². The Morgan fingerprint density at radius 2 is 1.65 bits per heavy atom. The summed E-state index contributed by atoms with van der Waals surface area (Å²) in [6.07, 6.45) is 2.52. The average molecular weight is 240 g/mol. The van der Waals surface area contributed by atoms with Gasteiger partial charge in [-0.15, -0.1) is 0 Å². The highest BCUT2D eigenvalue weighted by atomic mass is 16.5. The van der Waals surface area contributed by atoms with E-state index in [-0.39, 0.29) is 0 Å². The van der Waals surface area contributed by atoms with Crippen LogP contribution in [-0.4, -0.2) is 50.8 Å². The van der Waals surface area contributed by atoms with Crippen LogP contribution in [0.15, 0.2) is 0 Å². The Labute approximate surface area is 106 Å². The lowest BCUT2D eigenvalue weighted by atomic mass is 9.97. The summed E-state index contributed by atoms with van der Waals surface area (Å²) in [5.74, 6) is 2.43. The molecule has 1 N–H and O–H groups in total. The van der Waals surface area contributed by atoms with Crippen molar-refractivity contribution in [3.8, 4) is 0 Å². The molecule has 0 aromatic heterocycles. The second kappa shape index (κ2) is 6.72. The lowest BCUT2D eigenvalue weighted by Gasteiger charge is -2.35. The van der Waals surface area contributed by atoms with Crippen LogP contribution in [0.2, 0.25) is 0 Å². The molecule has 3 heteroatoms.